The van der Waals surface area contributed by atoms with Gasteiger partial charge in [0.25, 0.3) is 0 Å². The van der Waals surface area contributed by atoms with Gasteiger partial charge in [0.05, 0.1) is 32.8 Å². The standard InChI is InChI=1S/C18H31N3O3/c22-18(13-17-5-6-19-15-17)21-8-10-24-12-11-23-9-7-20-14-16-3-1-2-4-16/h5-6,15-16,19-20H,1-4,7-14H2,(H,21,22). The summed E-state index contributed by atoms with van der Waals surface area (Å²) in [6, 6.07) is 1.90. The molecule has 1 aromatic heterocycles. The summed E-state index contributed by atoms with van der Waals surface area (Å²) in [6.07, 6.45) is 9.60. The molecule has 24 heavy (non-hydrogen) atoms. The molecule has 1 saturated carbocycles. The van der Waals surface area contributed by atoms with E-state index in [0.29, 0.717) is 32.8 Å². The molecule has 1 aliphatic carbocycles. The number of hydrogen-bond donors (Lipinski definition) is 3. The molecule has 0 aliphatic heterocycles. The van der Waals surface area contributed by atoms with Crippen molar-refractivity contribution in [2.45, 2.75) is 32.1 Å². The van der Waals surface area contributed by atoms with Gasteiger partial charge in [0.2, 0.25) is 5.91 Å². The molecule has 0 aromatic carbocycles. The van der Waals surface area contributed by atoms with Crippen LogP contribution in [0.15, 0.2) is 18.5 Å². The van der Waals surface area contributed by atoms with Gasteiger partial charge in [0, 0.05) is 25.5 Å². The van der Waals surface area contributed by atoms with E-state index in [1.165, 1.54) is 25.7 Å². The SMILES string of the molecule is O=C(Cc1cc[nH]c1)NCCOCCOCCNCC1CCCC1. The lowest BCUT2D eigenvalue weighted by Crippen LogP contribution is -2.29. The third kappa shape index (κ3) is 8.47. The summed E-state index contributed by atoms with van der Waals surface area (Å²) in [7, 11) is 0. The lowest BCUT2D eigenvalue weighted by atomic mass is 10.1. The van der Waals surface area contributed by atoms with Gasteiger partial charge in [-0.2, -0.15) is 0 Å². The highest BCUT2D eigenvalue weighted by atomic mass is 16.5. The molecule has 0 spiro atoms. The highest BCUT2D eigenvalue weighted by Gasteiger charge is 2.13. The van der Waals surface area contributed by atoms with Crippen molar-refractivity contribution in [3.05, 3.63) is 24.0 Å². The predicted octanol–water partition coefficient (Wildman–Crippen LogP) is 1.49. The number of aromatic amines is 1. The number of nitrogens with one attached hydrogen (secondary N) is 3. The molecule has 3 N–H and O–H groups in total. The van der Waals surface area contributed by atoms with Gasteiger partial charge in [0.15, 0.2) is 0 Å². The van der Waals surface area contributed by atoms with Gasteiger partial charge in [-0.3, -0.25) is 4.79 Å². The smallest absolute Gasteiger partial charge is 0.224 e. The third-order valence-electron chi connectivity index (χ3n) is 4.30. The van der Waals surface area contributed by atoms with Gasteiger partial charge in [-0.15, -0.1) is 0 Å². The van der Waals surface area contributed by atoms with Crippen molar-refractivity contribution in [1.82, 2.24) is 15.6 Å². The lowest BCUT2D eigenvalue weighted by molar-refractivity contribution is -0.120. The molecule has 1 aromatic rings. The number of hydrogen-bond acceptors (Lipinski definition) is 4. The van der Waals surface area contributed by atoms with E-state index in [4.69, 9.17) is 9.47 Å². The maximum Gasteiger partial charge on any atom is 0.224 e. The number of rotatable bonds is 13. The predicted molar refractivity (Wildman–Crippen MR) is 94.0 cm³/mol. The summed E-state index contributed by atoms with van der Waals surface area (Å²) in [5.41, 5.74) is 0.989. The Bertz CT molecular complexity index is 431. The van der Waals surface area contributed by atoms with Crippen LogP contribution in [-0.4, -0.2) is 57.0 Å². The van der Waals surface area contributed by atoms with Crippen LogP contribution in [0.5, 0.6) is 0 Å². The first-order valence-electron chi connectivity index (χ1n) is 9.09. The second kappa shape index (κ2) is 12.1. The first kappa shape index (κ1) is 19.0. The molecule has 1 heterocycles. The van der Waals surface area contributed by atoms with Crippen LogP contribution in [-0.2, 0) is 20.7 Å². The Kier molecular flexibility index (Phi) is 9.53. The average molecular weight is 337 g/mol. The second-order valence-corrected chi connectivity index (χ2v) is 6.33. The fourth-order valence-corrected chi connectivity index (χ4v) is 2.97. The number of aromatic nitrogens is 1. The van der Waals surface area contributed by atoms with Crippen molar-refractivity contribution in [3.8, 4) is 0 Å². The number of amides is 1. The Morgan fingerprint density at radius 2 is 1.88 bits per heavy atom. The van der Waals surface area contributed by atoms with Gasteiger partial charge in [-0.1, -0.05) is 12.8 Å². The Balaban J connectivity index is 1.30. The minimum absolute atomic E-state index is 0.0165. The topological polar surface area (TPSA) is 75.4 Å². The molecule has 0 unspecified atom stereocenters. The van der Waals surface area contributed by atoms with Crippen LogP contribution in [0, 0.1) is 5.92 Å². The molecular formula is C18H31N3O3. The lowest BCUT2D eigenvalue weighted by Gasteiger charge is -2.11. The maximum atomic E-state index is 11.6. The maximum absolute atomic E-state index is 11.6. The Morgan fingerprint density at radius 3 is 2.58 bits per heavy atom. The van der Waals surface area contributed by atoms with Crippen molar-refractivity contribution in [2.75, 3.05) is 46.1 Å². The normalized spacial score (nSPS) is 15.0. The van der Waals surface area contributed by atoms with Gasteiger partial charge < -0.3 is 25.1 Å². The quantitative estimate of drug-likeness (QED) is 0.477. The van der Waals surface area contributed by atoms with Crippen LogP contribution in [0.25, 0.3) is 0 Å². The molecule has 6 nitrogen and oxygen atoms in total. The van der Waals surface area contributed by atoms with Gasteiger partial charge >= 0.3 is 0 Å². The van der Waals surface area contributed by atoms with Gasteiger partial charge in [-0.05, 0) is 36.9 Å². The van der Waals surface area contributed by atoms with Crippen molar-refractivity contribution < 1.29 is 14.3 Å². The number of H-pyrrole nitrogens is 1. The Labute approximate surface area is 144 Å². The summed E-state index contributed by atoms with van der Waals surface area (Å²) in [6.45, 7) is 4.98. The van der Waals surface area contributed by atoms with E-state index in [0.717, 1.165) is 31.2 Å². The van der Waals surface area contributed by atoms with Crippen LogP contribution in [0.1, 0.15) is 31.2 Å². The second-order valence-electron chi connectivity index (χ2n) is 6.33. The summed E-state index contributed by atoms with van der Waals surface area (Å²) in [5.74, 6) is 0.892. The molecular weight excluding hydrogens is 306 g/mol. The van der Waals surface area contributed by atoms with Crippen LogP contribution >= 0.6 is 0 Å². The molecule has 0 saturated heterocycles. The summed E-state index contributed by atoms with van der Waals surface area (Å²) in [4.78, 5) is 14.6. The first-order valence-corrected chi connectivity index (χ1v) is 9.09. The molecule has 0 radical (unpaired) electrons. The highest BCUT2D eigenvalue weighted by Crippen LogP contribution is 2.23. The van der Waals surface area contributed by atoms with E-state index >= 15 is 0 Å². The van der Waals surface area contributed by atoms with Crippen molar-refractivity contribution in [2.24, 2.45) is 5.92 Å². The summed E-state index contributed by atoms with van der Waals surface area (Å²) in [5, 5.41) is 6.29. The molecule has 0 bridgehead atoms. The monoisotopic (exact) mass is 337 g/mol. The molecule has 136 valence electrons. The van der Waals surface area contributed by atoms with E-state index in [-0.39, 0.29) is 5.91 Å². The number of carbonyl (C=O) groups excluding carboxylic acids is 1. The van der Waals surface area contributed by atoms with E-state index < -0.39 is 0 Å². The third-order valence-corrected chi connectivity index (χ3v) is 4.30. The zero-order valence-corrected chi connectivity index (χ0v) is 14.5. The van der Waals surface area contributed by atoms with Crippen LogP contribution < -0.4 is 10.6 Å². The number of carbonyl (C=O) groups is 1. The molecule has 1 fully saturated rings. The van der Waals surface area contributed by atoms with Crippen LogP contribution in [0.3, 0.4) is 0 Å². The summed E-state index contributed by atoms with van der Waals surface area (Å²) >= 11 is 0. The van der Waals surface area contributed by atoms with E-state index in [9.17, 15) is 4.79 Å². The molecule has 1 aliphatic rings. The Hall–Kier alpha value is -1.37. The minimum Gasteiger partial charge on any atom is -0.378 e. The zero-order valence-electron chi connectivity index (χ0n) is 14.5. The minimum atomic E-state index is 0.0165. The van der Waals surface area contributed by atoms with E-state index in [2.05, 4.69) is 15.6 Å². The van der Waals surface area contributed by atoms with Crippen LogP contribution in [0.2, 0.25) is 0 Å². The van der Waals surface area contributed by atoms with Crippen LogP contribution in [0.4, 0.5) is 0 Å². The molecule has 1 amide bonds. The van der Waals surface area contributed by atoms with Crippen molar-refractivity contribution in [1.29, 1.82) is 0 Å². The first-order chi connectivity index (χ1) is 11.8. The van der Waals surface area contributed by atoms with Gasteiger partial charge in [0.1, 0.15) is 0 Å². The van der Waals surface area contributed by atoms with Crippen molar-refractivity contribution in [3.63, 3.8) is 0 Å². The zero-order chi connectivity index (χ0) is 16.9. The molecule has 0 atom stereocenters. The highest BCUT2D eigenvalue weighted by molar-refractivity contribution is 5.78. The largest absolute Gasteiger partial charge is 0.378 e. The van der Waals surface area contributed by atoms with E-state index in [1.54, 1.807) is 0 Å². The molecule has 6 heteroatoms. The number of ether oxygens (including phenoxy) is 2. The van der Waals surface area contributed by atoms with Crippen molar-refractivity contribution >= 4 is 5.91 Å². The Morgan fingerprint density at radius 1 is 1.12 bits per heavy atom. The van der Waals surface area contributed by atoms with Gasteiger partial charge in [-0.25, -0.2) is 0 Å². The fourth-order valence-electron chi connectivity index (χ4n) is 2.97. The summed E-state index contributed by atoms with van der Waals surface area (Å²) < 4.78 is 11.0. The van der Waals surface area contributed by atoms with E-state index in [1.807, 2.05) is 18.5 Å². The fraction of sp³-hybridized carbons (Fsp3) is 0.722. The molecule has 2 rings (SSSR count). The average Bonchev–Trinajstić information content (AvgIpc) is 3.26.